The first kappa shape index (κ1) is 14.9. The lowest BCUT2D eigenvalue weighted by atomic mass is 10.1. The first-order chi connectivity index (χ1) is 8.45. The van der Waals surface area contributed by atoms with Gasteiger partial charge in [0.05, 0.1) is 5.92 Å². The Morgan fingerprint density at radius 1 is 1.56 bits per heavy atom. The molecule has 0 radical (unpaired) electrons. The summed E-state index contributed by atoms with van der Waals surface area (Å²) in [6, 6.07) is 2.76. The molecule has 0 bridgehead atoms. The number of hydrogen-bond donors (Lipinski definition) is 3. The number of phenols is 1. The minimum absolute atomic E-state index is 0.214. The maximum Gasteiger partial charge on any atom is 0.307 e. The second kappa shape index (κ2) is 6.70. The Balaban J connectivity index is 2.61. The van der Waals surface area contributed by atoms with Crippen LogP contribution in [0.5, 0.6) is 5.75 Å². The molecule has 4 nitrogen and oxygen atoms in total. The predicted octanol–water partition coefficient (Wildman–Crippen LogP) is 2.49. The molecule has 0 saturated carbocycles. The molecular formula is C12H15BrFNO3. The molecule has 0 aliphatic rings. The summed E-state index contributed by atoms with van der Waals surface area (Å²) in [7, 11) is 0. The molecule has 0 saturated heterocycles. The average Bonchev–Trinajstić information content (AvgIpc) is 2.30. The number of hydrogen-bond acceptors (Lipinski definition) is 3. The van der Waals surface area contributed by atoms with Crippen molar-refractivity contribution in [1.29, 1.82) is 0 Å². The van der Waals surface area contributed by atoms with Crippen LogP contribution in [0.2, 0.25) is 0 Å². The van der Waals surface area contributed by atoms with Gasteiger partial charge in [-0.15, -0.1) is 0 Å². The van der Waals surface area contributed by atoms with E-state index in [1.807, 2.05) is 0 Å². The molecule has 1 rings (SSSR count). The van der Waals surface area contributed by atoms with Crippen molar-refractivity contribution >= 4 is 21.9 Å². The fourth-order valence-corrected chi connectivity index (χ4v) is 2.02. The van der Waals surface area contributed by atoms with Crippen molar-refractivity contribution in [1.82, 2.24) is 5.32 Å². The third kappa shape index (κ3) is 3.96. The zero-order valence-corrected chi connectivity index (χ0v) is 11.5. The maximum absolute atomic E-state index is 13.2. The molecule has 0 aliphatic heterocycles. The fraction of sp³-hybridized carbons (Fsp3) is 0.417. The summed E-state index contributed by atoms with van der Waals surface area (Å²) in [6.45, 7) is 2.28. The molecule has 6 heteroatoms. The van der Waals surface area contributed by atoms with Gasteiger partial charge in [0.2, 0.25) is 0 Å². The van der Waals surface area contributed by atoms with Gasteiger partial charge in [-0.2, -0.15) is 0 Å². The summed E-state index contributed by atoms with van der Waals surface area (Å²) in [5.74, 6) is -2.46. The normalized spacial score (nSPS) is 12.4. The van der Waals surface area contributed by atoms with Crippen LogP contribution in [0.15, 0.2) is 16.6 Å². The van der Waals surface area contributed by atoms with Crippen LogP contribution in [0.4, 0.5) is 4.39 Å². The van der Waals surface area contributed by atoms with Crippen molar-refractivity contribution in [2.75, 3.05) is 6.54 Å². The Morgan fingerprint density at radius 2 is 2.22 bits per heavy atom. The Hall–Kier alpha value is -1.14. The van der Waals surface area contributed by atoms with Gasteiger partial charge in [0.15, 0.2) is 11.6 Å². The summed E-state index contributed by atoms with van der Waals surface area (Å²) in [6.07, 6.45) is 0.515. The summed E-state index contributed by atoms with van der Waals surface area (Å²) in [5.41, 5.74) is 0.391. The van der Waals surface area contributed by atoms with Crippen LogP contribution in [0, 0.1) is 11.7 Å². The highest BCUT2D eigenvalue weighted by molar-refractivity contribution is 9.10. The Kier molecular flexibility index (Phi) is 5.55. The molecule has 0 heterocycles. The number of carboxylic acid groups (broad SMARTS) is 1. The third-order valence-corrected chi connectivity index (χ3v) is 3.11. The van der Waals surface area contributed by atoms with E-state index in [4.69, 9.17) is 5.11 Å². The van der Waals surface area contributed by atoms with Crippen LogP contribution in [-0.4, -0.2) is 22.7 Å². The molecule has 0 amide bonds. The van der Waals surface area contributed by atoms with E-state index in [-0.39, 0.29) is 13.1 Å². The smallest absolute Gasteiger partial charge is 0.307 e. The third-order valence-electron chi connectivity index (χ3n) is 2.66. The first-order valence-corrected chi connectivity index (χ1v) is 6.35. The lowest BCUT2D eigenvalue weighted by Crippen LogP contribution is -2.27. The zero-order chi connectivity index (χ0) is 13.7. The van der Waals surface area contributed by atoms with Crippen molar-refractivity contribution in [3.8, 4) is 5.75 Å². The highest BCUT2D eigenvalue weighted by Crippen LogP contribution is 2.25. The van der Waals surface area contributed by atoms with Gasteiger partial charge in [-0.1, -0.05) is 22.9 Å². The topological polar surface area (TPSA) is 69.6 Å². The fourth-order valence-electron chi connectivity index (χ4n) is 1.54. The number of aliphatic carboxylic acids is 1. The van der Waals surface area contributed by atoms with Crippen LogP contribution in [0.1, 0.15) is 18.9 Å². The van der Waals surface area contributed by atoms with Gasteiger partial charge >= 0.3 is 5.97 Å². The van der Waals surface area contributed by atoms with E-state index in [1.54, 1.807) is 13.0 Å². The minimum Gasteiger partial charge on any atom is -0.505 e. The summed E-state index contributed by atoms with van der Waals surface area (Å²) >= 11 is 3.13. The van der Waals surface area contributed by atoms with Gasteiger partial charge in [-0.05, 0) is 18.6 Å². The van der Waals surface area contributed by atoms with E-state index in [1.165, 1.54) is 6.07 Å². The number of rotatable bonds is 6. The lowest BCUT2D eigenvalue weighted by Gasteiger charge is -2.12. The average molecular weight is 320 g/mol. The molecule has 1 aromatic rings. The molecule has 100 valence electrons. The summed E-state index contributed by atoms with van der Waals surface area (Å²) in [4.78, 5) is 10.8. The van der Waals surface area contributed by atoms with Crippen LogP contribution in [0.25, 0.3) is 0 Å². The zero-order valence-electron chi connectivity index (χ0n) is 9.91. The lowest BCUT2D eigenvalue weighted by molar-refractivity contribution is -0.141. The van der Waals surface area contributed by atoms with E-state index >= 15 is 0 Å². The monoisotopic (exact) mass is 319 g/mol. The van der Waals surface area contributed by atoms with Crippen molar-refractivity contribution in [2.45, 2.75) is 19.9 Å². The van der Waals surface area contributed by atoms with Gasteiger partial charge in [0.1, 0.15) is 0 Å². The van der Waals surface area contributed by atoms with Crippen molar-refractivity contribution < 1.29 is 19.4 Å². The Morgan fingerprint density at radius 3 is 2.78 bits per heavy atom. The van der Waals surface area contributed by atoms with Gasteiger partial charge in [-0.25, -0.2) is 4.39 Å². The van der Waals surface area contributed by atoms with Gasteiger partial charge < -0.3 is 15.5 Å². The molecular weight excluding hydrogens is 305 g/mol. The molecule has 1 aromatic carbocycles. The molecule has 18 heavy (non-hydrogen) atoms. The first-order valence-electron chi connectivity index (χ1n) is 5.56. The van der Waals surface area contributed by atoms with E-state index < -0.39 is 23.5 Å². The number of carboxylic acids is 1. The SMILES string of the molecule is CCC(CNCc1cc(Br)cc(F)c1O)C(=O)O. The Bertz CT molecular complexity index is 440. The largest absolute Gasteiger partial charge is 0.505 e. The molecule has 1 atom stereocenters. The molecule has 0 aromatic heterocycles. The standard InChI is InChI=1S/C12H15BrFNO3/c1-2-7(12(17)18)5-15-6-8-3-9(13)4-10(14)11(8)16/h3-4,7,15-16H,2,5-6H2,1H3,(H,17,18). The summed E-state index contributed by atoms with van der Waals surface area (Å²) < 4.78 is 13.7. The number of phenolic OH excluding ortho intramolecular Hbond substituents is 1. The van der Waals surface area contributed by atoms with Gasteiger partial charge in [-0.3, -0.25) is 4.79 Å². The molecule has 0 spiro atoms. The number of benzene rings is 1. The number of aromatic hydroxyl groups is 1. The second-order valence-corrected chi connectivity index (χ2v) is 4.89. The van der Waals surface area contributed by atoms with E-state index in [9.17, 15) is 14.3 Å². The molecule has 1 unspecified atom stereocenters. The molecule has 0 fully saturated rings. The maximum atomic E-state index is 13.2. The van der Waals surface area contributed by atoms with Gasteiger partial charge in [0, 0.05) is 23.1 Å². The molecule has 3 N–H and O–H groups in total. The predicted molar refractivity (Wildman–Crippen MR) is 68.9 cm³/mol. The highest BCUT2D eigenvalue weighted by atomic mass is 79.9. The van der Waals surface area contributed by atoms with Crippen LogP contribution in [-0.2, 0) is 11.3 Å². The number of halogens is 2. The van der Waals surface area contributed by atoms with Crippen LogP contribution in [0.3, 0.4) is 0 Å². The number of carbonyl (C=O) groups is 1. The number of nitrogens with one attached hydrogen (secondary N) is 1. The highest BCUT2D eigenvalue weighted by Gasteiger charge is 2.15. The van der Waals surface area contributed by atoms with E-state index in [0.717, 1.165) is 0 Å². The second-order valence-electron chi connectivity index (χ2n) is 3.97. The molecule has 0 aliphatic carbocycles. The quantitative estimate of drug-likeness (QED) is 0.753. The van der Waals surface area contributed by atoms with Crippen molar-refractivity contribution in [3.05, 3.63) is 28.0 Å². The Labute approximate surface area is 113 Å². The van der Waals surface area contributed by atoms with E-state index in [0.29, 0.717) is 16.5 Å². The van der Waals surface area contributed by atoms with Crippen LogP contribution >= 0.6 is 15.9 Å². The minimum atomic E-state index is -0.866. The van der Waals surface area contributed by atoms with Crippen molar-refractivity contribution in [2.24, 2.45) is 5.92 Å². The van der Waals surface area contributed by atoms with Crippen LogP contribution < -0.4 is 5.32 Å². The summed E-state index contributed by atoms with van der Waals surface area (Å²) in [5, 5.41) is 21.3. The van der Waals surface area contributed by atoms with Gasteiger partial charge in [0.25, 0.3) is 0 Å². The van der Waals surface area contributed by atoms with E-state index in [2.05, 4.69) is 21.2 Å². The van der Waals surface area contributed by atoms with Crippen molar-refractivity contribution in [3.63, 3.8) is 0 Å².